The fourth-order valence-corrected chi connectivity index (χ4v) is 3.56. The molecule has 0 amide bonds. The second-order valence-corrected chi connectivity index (χ2v) is 8.61. The van der Waals surface area contributed by atoms with Crippen molar-refractivity contribution >= 4 is 17.7 Å². The highest BCUT2D eigenvalue weighted by Gasteiger charge is 2.20. The lowest BCUT2D eigenvalue weighted by Crippen LogP contribution is -2.18. The van der Waals surface area contributed by atoms with Crippen LogP contribution < -0.4 is 14.2 Å². The minimum absolute atomic E-state index is 0.137. The SMILES string of the molecule is CCCCCCCCCCOc1ccc(C(=O)Oc2ccc(OC(=O)/C(C(C)=O)=C(\C)O)cc2)cc1. The number of hydrogen-bond donors (Lipinski definition) is 1. The smallest absolute Gasteiger partial charge is 0.350 e. The molecule has 0 unspecified atom stereocenters. The monoisotopic (exact) mass is 496 g/mol. The van der Waals surface area contributed by atoms with Crippen molar-refractivity contribution in [2.45, 2.75) is 72.1 Å². The van der Waals surface area contributed by atoms with E-state index in [4.69, 9.17) is 14.2 Å². The fraction of sp³-hybridized carbons (Fsp3) is 0.414. The molecule has 1 N–H and O–H groups in total. The number of aliphatic hydroxyl groups excluding tert-OH is 1. The maximum Gasteiger partial charge on any atom is 0.350 e. The maximum atomic E-state index is 12.4. The predicted octanol–water partition coefficient (Wildman–Crippen LogP) is 6.75. The van der Waals surface area contributed by atoms with Crippen LogP contribution in [0, 0.1) is 0 Å². The third-order valence-electron chi connectivity index (χ3n) is 5.52. The molecule has 0 saturated carbocycles. The largest absolute Gasteiger partial charge is 0.512 e. The predicted molar refractivity (Wildman–Crippen MR) is 138 cm³/mol. The number of carbonyl (C=O) groups excluding carboxylic acids is 3. The molecule has 2 rings (SSSR count). The number of carbonyl (C=O) groups is 3. The van der Waals surface area contributed by atoms with Crippen LogP contribution in [0.2, 0.25) is 0 Å². The first kappa shape index (κ1) is 28.6. The van der Waals surface area contributed by atoms with Crippen LogP contribution >= 0.6 is 0 Å². The van der Waals surface area contributed by atoms with Crippen molar-refractivity contribution in [3.63, 3.8) is 0 Å². The summed E-state index contributed by atoms with van der Waals surface area (Å²) in [6.45, 7) is 5.27. The summed E-state index contributed by atoms with van der Waals surface area (Å²) >= 11 is 0. The summed E-state index contributed by atoms with van der Waals surface area (Å²) in [4.78, 5) is 36.0. The summed E-state index contributed by atoms with van der Waals surface area (Å²) in [6, 6.07) is 12.6. The van der Waals surface area contributed by atoms with Crippen LogP contribution in [0.1, 0.15) is 82.5 Å². The Morgan fingerprint density at radius 3 is 1.72 bits per heavy atom. The van der Waals surface area contributed by atoms with E-state index < -0.39 is 29.1 Å². The molecule has 2 aromatic carbocycles. The Morgan fingerprint density at radius 2 is 1.19 bits per heavy atom. The van der Waals surface area contributed by atoms with Crippen LogP contribution in [0.5, 0.6) is 17.2 Å². The van der Waals surface area contributed by atoms with E-state index in [-0.39, 0.29) is 11.5 Å². The van der Waals surface area contributed by atoms with E-state index in [2.05, 4.69) is 6.92 Å². The molecule has 0 heterocycles. The molecule has 0 aliphatic rings. The second kappa shape index (κ2) is 15.4. The zero-order valence-corrected chi connectivity index (χ0v) is 21.4. The van der Waals surface area contributed by atoms with E-state index in [9.17, 15) is 19.5 Å². The second-order valence-electron chi connectivity index (χ2n) is 8.61. The number of aliphatic hydroxyl groups is 1. The maximum absolute atomic E-state index is 12.4. The number of rotatable bonds is 15. The van der Waals surface area contributed by atoms with Gasteiger partial charge in [0.2, 0.25) is 0 Å². The van der Waals surface area contributed by atoms with Crippen LogP contribution in [0.3, 0.4) is 0 Å². The minimum atomic E-state index is -0.961. The first-order valence-corrected chi connectivity index (χ1v) is 12.5. The van der Waals surface area contributed by atoms with Gasteiger partial charge in [-0.25, -0.2) is 9.59 Å². The molecule has 0 spiro atoms. The van der Waals surface area contributed by atoms with Crippen molar-refractivity contribution in [3.8, 4) is 17.2 Å². The molecule has 0 saturated heterocycles. The van der Waals surface area contributed by atoms with Gasteiger partial charge in [0.15, 0.2) is 5.78 Å². The molecule has 7 heteroatoms. The van der Waals surface area contributed by atoms with Crippen LogP contribution in [-0.2, 0) is 9.59 Å². The lowest BCUT2D eigenvalue weighted by molar-refractivity contribution is -0.132. The van der Waals surface area contributed by atoms with E-state index in [1.807, 2.05) is 0 Å². The van der Waals surface area contributed by atoms with Crippen LogP contribution in [0.4, 0.5) is 0 Å². The highest BCUT2D eigenvalue weighted by molar-refractivity contribution is 6.17. The summed E-state index contributed by atoms with van der Waals surface area (Å²) in [5, 5.41) is 9.50. The van der Waals surface area contributed by atoms with Gasteiger partial charge in [-0.1, -0.05) is 51.9 Å². The van der Waals surface area contributed by atoms with Gasteiger partial charge in [0.1, 0.15) is 28.6 Å². The summed E-state index contributed by atoms with van der Waals surface area (Å²) in [5.74, 6) is -1.41. The van der Waals surface area contributed by atoms with Gasteiger partial charge in [-0.15, -0.1) is 0 Å². The van der Waals surface area contributed by atoms with Crippen molar-refractivity contribution in [1.82, 2.24) is 0 Å². The fourth-order valence-electron chi connectivity index (χ4n) is 3.56. The topological polar surface area (TPSA) is 99.1 Å². The lowest BCUT2D eigenvalue weighted by atomic mass is 10.1. The Hall–Kier alpha value is -3.61. The number of Topliss-reactive ketones (excluding diaryl/α,β-unsaturated/α-hetero) is 1. The highest BCUT2D eigenvalue weighted by atomic mass is 16.5. The number of ether oxygens (including phenoxy) is 3. The Bertz CT molecular complexity index is 1020. The average molecular weight is 497 g/mol. The van der Waals surface area contributed by atoms with Gasteiger partial charge in [-0.3, -0.25) is 4.79 Å². The number of allylic oxidation sites excluding steroid dienone is 1. The summed E-state index contributed by atoms with van der Waals surface area (Å²) in [6.07, 6.45) is 9.92. The molecule has 0 fully saturated rings. The third kappa shape index (κ3) is 9.94. The van der Waals surface area contributed by atoms with Crippen molar-refractivity contribution in [2.75, 3.05) is 6.61 Å². The Labute approximate surface area is 213 Å². The van der Waals surface area contributed by atoms with Gasteiger partial charge in [-0.2, -0.15) is 0 Å². The van der Waals surface area contributed by atoms with Crippen LogP contribution in [-0.4, -0.2) is 29.4 Å². The first-order valence-electron chi connectivity index (χ1n) is 12.5. The quantitative estimate of drug-likeness (QED) is 0.0553. The van der Waals surface area contributed by atoms with E-state index in [1.165, 1.54) is 69.7 Å². The summed E-state index contributed by atoms with van der Waals surface area (Å²) < 4.78 is 16.2. The molecule has 0 aliphatic heterocycles. The molecule has 7 nitrogen and oxygen atoms in total. The standard InChI is InChI=1S/C29H36O7/c1-4-5-6-7-8-9-10-11-20-34-24-14-12-23(13-15-24)28(32)35-25-16-18-26(19-17-25)36-29(33)27(21(2)30)22(3)31/h12-19,30H,4-11,20H2,1-3H3/b27-21+. The number of benzene rings is 2. The van der Waals surface area contributed by atoms with Gasteiger partial charge >= 0.3 is 11.9 Å². The van der Waals surface area contributed by atoms with E-state index in [1.54, 1.807) is 24.3 Å². The van der Waals surface area contributed by atoms with E-state index in [0.29, 0.717) is 17.9 Å². The molecule has 2 aromatic rings. The lowest BCUT2D eigenvalue weighted by Gasteiger charge is -2.09. The number of esters is 2. The Kier molecular flexibility index (Phi) is 12.2. The van der Waals surface area contributed by atoms with Crippen molar-refractivity contribution < 1.29 is 33.7 Å². The Morgan fingerprint density at radius 1 is 0.694 bits per heavy atom. The van der Waals surface area contributed by atoms with Gasteiger partial charge in [0.05, 0.1) is 12.2 Å². The normalized spacial score (nSPS) is 11.4. The molecule has 194 valence electrons. The number of ketones is 1. The Balaban J connectivity index is 1.77. The molecule has 36 heavy (non-hydrogen) atoms. The minimum Gasteiger partial charge on any atom is -0.512 e. The van der Waals surface area contributed by atoms with Crippen LogP contribution in [0.15, 0.2) is 59.9 Å². The van der Waals surface area contributed by atoms with Crippen molar-refractivity contribution in [3.05, 3.63) is 65.4 Å². The molecule has 0 aliphatic carbocycles. The molecule has 0 radical (unpaired) electrons. The zero-order valence-electron chi connectivity index (χ0n) is 21.4. The molecule has 0 bridgehead atoms. The number of hydrogen-bond acceptors (Lipinski definition) is 7. The molecule has 0 atom stereocenters. The molecular weight excluding hydrogens is 460 g/mol. The average Bonchev–Trinajstić information content (AvgIpc) is 2.84. The first-order chi connectivity index (χ1) is 17.3. The van der Waals surface area contributed by atoms with Crippen molar-refractivity contribution in [1.29, 1.82) is 0 Å². The summed E-state index contributed by atoms with van der Waals surface area (Å²) in [5.41, 5.74) is -0.0460. The van der Waals surface area contributed by atoms with Crippen LogP contribution in [0.25, 0.3) is 0 Å². The molecule has 0 aromatic heterocycles. The van der Waals surface area contributed by atoms with Crippen molar-refractivity contribution in [2.24, 2.45) is 0 Å². The summed E-state index contributed by atoms with van der Waals surface area (Å²) in [7, 11) is 0. The van der Waals surface area contributed by atoms with Gasteiger partial charge < -0.3 is 19.3 Å². The highest BCUT2D eigenvalue weighted by Crippen LogP contribution is 2.21. The van der Waals surface area contributed by atoms with Gasteiger partial charge in [0.25, 0.3) is 0 Å². The van der Waals surface area contributed by atoms with Gasteiger partial charge in [0, 0.05) is 0 Å². The van der Waals surface area contributed by atoms with Gasteiger partial charge in [-0.05, 0) is 68.8 Å². The molecular formula is C29H36O7. The number of unbranched alkanes of at least 4 members (excludes halogenated alkanes) is 7. The zero-order chi connectivity index (χ0) is 26.3. The van der Waals surface area contributed by atoms with E-state index >= 15 is 0 Å². The van der Waals surface area contributed by atoms with E-state index in [0.717, 1.165) is 19.8 Å². The third-order valence-corrected chi connectivity index (χ3v) is 5.52.